The third-order valence-electron chi connectivity index (χ3n) is 5.91. The fraction of sp³-hybridized carbons (Fsp3) is 0.478. The highest BCUT2D eigenvalue weighted by Gasteiger charge is 2.49. The van der Waals surface area contributed by atoms with Crippen LogP contribution in [0, 0.1) is 11.3 Å². The summed E-state index contributed by atoms with van der Waals surface area (Å²) in [6.07, 6.45) is 2.63. The summed E-state index contributed by atoms with van der Waals surface area (Å²) in [6, 6.07) is 9.07. The number of nitriles is 1. The van der Waals surface area contributed by atoms with Crippen molar-refractivity contribution >= 4 is 23.6 Å². The number of H-pyrrole nitrogens is 1. The molecule has 8 nitrogen and oxygen atoms in total. The quantitative estimate of drug-likeness (QED) is 0.564. The van der Waals surface area contributed by atoms with Gasteiger partial charge in [-0.1, -0.05) is 12.1 Å². The number of aliphatic hydroxyl groups is 1. The minimum atomic E-state index is -0.327. The molecule has 2 aromatic rings. The van der Waals surface area contributed by atoms with E-state index in [9.17, 15) is 14.7 Å². The number of rotatable bonds is 8. The molecule has 1 fully saturated rings. The first-order valence-corrected chi connectivity index (χ1v) is 11.5. The second-order valence-corrected chi connectivity index (χ2v) is 11.3. The summed E-state index contributed by atoms with van der Waals surface area (Å²) in [5.41, 5.74) is 2.76. The summed E-state index contributed by atoms with van der Waals surface area (Å²) in [5, 5.41) is 28.2. The number of aromatic amines is 1. The molecule has 32 heavy (non-hydrogen) atoms. The predicted octanol–water partition coefficient (Wildman–Crippen LogP) is 2.25. The standard InChI is InChI=1S/C23H27N5O3S/c1-22(2,14-29)32-23(8-9-23)13-28-10-7-17-18(26-27-19(17)21(28)31)20(30)25-12-16-5-3-15(11-24)4-6-16/h3-6,29H,7-10,12-14H2,1-2H3,(H,25,30)(H,26,27). The van der Waals surface area contributed by atoms with Gasteiger partial charge in [0.15, 0.2) is 5.69 Å². The van der Waals surface area contributed by atoms with Crippen molar-refractivity contribution in [2.24, 2.45) is 0 Å². The molecule has 2 heterocycles. The fourth-order valence-corrected chi connectivity index (χ4v) is 5.76. The van der Waals surface area contributed by atoms with Crippen molar-refractivity contribution in [3.05, 3.63) is 52.3 Å². The van der Waals surface area contributed by atoms with Crippen LogP contribution in [0.25, 0.3) is 0 Å². The van der Waals surface area contributed by atoms with Crippen LogP contribution in [0.4, 0.5) is 0 Å². The fourth-order valence-electron chi connectivity index (χ4n) is 3.99. The molecule has 1 aromatic carbocycles. The van der Waals surface area contributed by atoms with E-state index >= 15 is 0 Å². The van der Waals surface area contributed by atoms with Gasteiger partial charge < -0.3 is 15.3 Å². The van der Waals surface area contributed by atoms with Gasteiger partial charge in [-0.3, -0.25) is 14.7 Å². The molecule has 168 valence electrons. The maximum absolute atomic E-state index is 13.1. The van der Waals surface area contributed by atoms with Crippen LogP contribution < -0.4 is 5.32 Å². The number of amides is 2. The van der Waals surface area contributed by atoms with E-state index in [1.807, 2.05) is 18.7 Å². The van der Waals surface area contributed by atoms with Crippen LogP contribution in [0.5, 0.6) is 0 Å². The van der Waals surface area contributed by atoms with Crippen molar-refractivity contribution in [3.8, 4) is 6.07 Å². The van der Waals surface area contributed by atoms with Gasteiger partial charge in [0.2, 0.25) is 0 Å². The summed E-state index contributed by atoms with van der Waals surface area (Å²) >= 11 is 1.76. The SMILES string of the molecule is CC(C)(CO)SC1(CN2CCc3c(C(=O)NCc4ccc(C#N)cc4)n[nH]c3C2=O)CC1. The molecule has 1 aliphatic carbocycles. The number of carbonyl (C=O) groups is 2. The van der Waals surface area contributed by atoms with Crippen LogP contribution >= 0.6 is 11.8 Å². The van der Waals surface area contributed by atoms with Gasteiger partial charge in [0.1, 0.15) is 5.69 Å². The van der Waals surface area contributed by atoms with E-state index in [1.54, 1.807) is 36.0 Å². The van der Waals surface area contributed by atoms with Crippen molar-refractivity contribution in [2.45, 2.75) is 49.1 Å². The second kappa shape index (κ2) is 8.60. The summed E-state index contributed by atoms with van der Waals surface area (Å²) in [6.45, 7) is 5.63. The number of aromatic nitrogens is 2. The van der Waals surface area contributed by atoms with Gasteiger partial charge in [-0.15, -0.1) is 11.8 Å². The summed E-state index contributed by atoms with van der Waals surface area (Å²) in [5.74, 6) is -0.453. The zero-order valence-electron chi connectivity index (χ0n) is 18.3. The lowest BCUT2D eigenvalue weighted by Gasteiger charge is -2.34. The molecule has 2 amide bonds. The lowest BCUT2D eigenvalue weighted by atomic mass is 10.0. The van der Waals surface area contributed by atoms with Crippen LogP contribution in [-0.4, -0.2) is 61.2 Å². The minimum Gasteiger partial charge on any atom is -0.395 e. The highest BCUT2D eigenvalue weighted by Crippen LogP contribution is 2.54. The first kappa shape index (κ1) is 22.4. The molecule has 2 aliphatic rings. The number of thioether (sulfide) groups is 1. The number of benzene rings is 1. The monoisotopic (exact) mass is 453 g/mol. The van der Waals surface area contributed by atoms with Crippen molar-refractivity contribution in [1.29, 1.82) is 5.26 Å². The third kappa shape index (κ3) is 4.66. The van der Waals surface area contributed by atoms with Gasteiger partial charge in [0, 0.05) is 34.7 Å². The third-order valence-corrected chi connectivity index (χ3v) is 7.56. The molecule has 0 bridgehead atoms. The molecule has 1 saturated carbocycles. The van der Waals surface area contributed by atoms with Crippen LogP contribution in [0.2, 0.25) is 0 Å². The van der Waals surface area contributed by atoms with Gasteiger partial charge >= 0.3 is 0 Å². The van der Waals surface area contributed by atoms with E-state index < -0.39 is 0 Å². The summed E-state index contributed by atoms with van der Waals surface area (Å²) < 4.78 is -0.241. The van der Waals surface area contributed by atoms with Crippen LogP contribution in [-0.2, 0) is 13.0 Å². The Kier molecular flexibility index (Phi) is 6.01. The zero-order chi connectivity index (χ0) is 22.9. The second-order valence-electron chi connectivity index (χ2n) is 9.10. The number of aliphatic hydroxyl groups excluding tert-OH is 1. The largest absolute Gasteiger partial charge is 0.395 e. The van der Waals surface area contributed by atoms with Crippen LogP contribution in [0.1, 0.15) is 64.4 Å². The molecular weight excluding hydrogens is 426 g/mol. The van der Waals surface area contributed by atoms with Crippen molar-refractivity contribution in [1.82, 2.24) is 20.4 Å². The Balaban J connectivity index is 1.40. The first-order valence-electron chi connectivity index (χ1n) is 10.7. The van der Waals surface area contributed by atoms with Crippen LogP contribution in [0.3, 0.4) is 0 Å². The minimum absolute atomic E-state index is 0.000709. The Morgan fingerprint density at radius 3 is 2.72 bits per heavy atom. The van der Waals surface area contributed by atoms with Crippen molar-refractivity contribution in [3.63, 3.8) is 0 Å². The number of hydrogen-bond acceptors (Lipinski definition) is 6. The highest BCUT2D eigenvalue weighted by molar-refractivity contribution is 8.02. The molecule has 3 N–H and O–H groups in total. The molecule has 1 aliphatic heterocycles. The van der Waals surface area contributed by atoms with Gasteiger partial charge in [0.05, 0.1) is 18.2 Å². The van der Waals surface area contributed by atoms with E-state index in [2.05, 4.69) is 21.6 Å². The molecule has 0 unspecified atom stereocenters. The molecular formula is C23H27N5O3S. The Labute approximate surface area is 191 Å². The maximum Gasteiger partial charge on any atom is 0.272 e. The molecule has 0 spiro atoms. The predicted molar refractivity (Wildman–Crippen MR) is 121 cm³/mol. The van der Waals surface area contributed by atoms with Crippen molar-refractivity contribution in [2.75, 3.05) is 19.7 Å². The van der Waals surface area contributed by atoms with Gasteiger partial charge in [0.25, 0.3) is 11.8 Å². The van der Waals surface area contributed by atoms with Crippen LogP contribution in [0.15, 0.2) is 24.3 Å². The van der Waals surface area contributed by atoms with E-state index in [-0.39, 0.29) is 33.6 Å². The molecule has 4 rings (SSSR count). The Morgan fingerprint density at radius 2 is 2.09 bits per heavy atom. The molecule has 0 atom stereocenters. The normalized spacial score (nSPS) is 16.9. The molecule has 0 radical (unpaired) electrons. The number of hydrogen-bond donors (Lipinski definition) is 3. The lowest BCUT2D eigenvalue weighted by molar-refractivity contribution is 0.0731. The Bertz CT molecular complexity index is 1070. The van der Waals surface area contributed by atoms with E-state index in [1.165, 1.54) is 0 Å². The topological polar surface area (TPSA) is 122 Å². The van der Waals surface area contributed by atoms with Gasteiger partial charge in [-0.2, -0.15) is 10.4 Å². The van der Waals surface area contributed by atoms with Gasteiger partial charge in [-0.05, 0) is 50.8 Å². The number of nitrogens with zero attached hydrogens (tertiary/aromatic N) is 3. The number of nitrogens with one attached hydrogen (secondary N) is 2. The smallest absolute Gasteiger partial charge is 0.272 e. The van der Waals surface area contributed by atoms with Gasteiger partial charge in [-0.25, -0.2) is 0 Å². The Morgan fingerprint density at radius 1 is 1.38 bits per heavy atom. The summed E-state index contributed by atoms with van der Waals surface area (Å²) in [7, 11) is 0. The number of carbonyl (C=O) groups excluding carboxylic acids is 2. The summed E-state index contributed by atoms with van der Waals surface area (Å²) in [4.78, 5) is 27.6. The van der Waals surface area contributed by atoms with E-state index in [0.29, 0.717) is 42.9 Å². The lowest BCUT2D eigenvalue weighted by Crippen LogP contribution is -2.43. The van der Waals surface area contributed by atoms with Crippen molar-refractivity contribution < 1.29 is 14.7 Å². The highest BCUT2D eigenvalue weighted by atomic mass is 32.2. The zero-order valence-corrected chi connectivity index (χ0v) is 19.1. The molecule has 1 aromatic heterocycles. The average molecular weight is 454 g/mol. The maximum atomic E-state index is 13.1. The average Bonchev–Trinajstić information content (AvgIpc) is 3.38. The molecule has 9 heteroatoms. The molecule has 0 saturated heterocycles. The Hall–Kier alpha value is -2.83. The van der Waals surface area contributed by atoms with E-state index in [0.717, 1.165) is 18.4 Å². The van der Waals surface area contributed by atoms with E-state index in [4.69, 9.17) is 5.26 Å². The first-order chi connectivity index (χ1) is 15.3. The number of fused-ring (bicyclic) bond motifs is 1.